The number of benzene rings is 2. The van der Waals surface area contributed by atoms with Crippen LogP contribution >= 0.6 is 0 Å². The summed E-state index contributed by atoms with van der Waals surface area (Å²) in [4.78, 5) is 2.50. The number of hydrogen-bond acceptors (Lipinski definition) is 2. The lowest BCUT2D eigenvalue weighted by atomic mass is 10.1. The van der Waals surface area contributed by atoms with Crippen LogP contribution in [0.25, 0.3) is 0 Å². The van der Waals surface area contributed by atoms with Gasteiger partial charge in [-0.05, 0) is 62.4 Å². The molecule has 2 N–H and O–H groups in total. The van der Waals surface area contributed by atoms with Crippen molar-refractivity contribution < 1.29 is 0 Å². The Kier molecular flexibility index (Phi) is 6.32. The van der Waals surface area contributed by atoms with Crippen molar-refractivity contribution in [2.75, 3.05) is 17.2 Å². The molecule has 118 valence electrons. The standard InChI is InChI=1S/C20H28N2/c1-3-17(2)22(20-14-12-19(21)13-15-20)16-8-7-11-18-9-5-4-6-10-18/h4-6,9-10,12-15,17H,3,7-8,11,16,21H2,1-2H3. The molecule has 2 rings (SSSR count). The quantitative estimate of drug-likeness (QED) is 0.554. The van der Waals surface area contributed by atoms with Gasteiger partial charge in [0.05, 0.1) is 0 Å². The van der Waals surface area contributed by atoms with Crippen molar-refractivity contribution in [2.24, 2.45) is 0 Å². The van der Waals surface area contributed by atoms with Gasteiger partial charge in [-0.25, -0.2) is 0 Å². The molecule has 0 aromatic heterocycles. The van der Waals surface area contributed by atoms with Gasteiger partial charge in [-0.3, -0.25) is 0 Å². The van der Waals surface area contributed by atoms with Crippen LogP contribution in [-0.2, 0) is 6.42 Å². The maximum atomic E-state index is 5.80. The number of nitrogens with zero attached hydrogens (tertiary/aromatic N) is 1. The van der Waals surface area contributed by atoms with Crippen molar-refractivity contribution in [3.05, 3.63) is 60.2 Å². The summed E-state index contributed by atoms with van der Waals surface area (Å²) in [5.74, 6) is 0. The topological polar surface area (TPSA) is 29.3 Å². The number of nitrogen functional groups attached to an aromatic ring is 1. The molecule has 0 spiro atoms. The second kappa shape index (κ2) is 8.47. The summed E-state index contributed by atoms with van der Waals surface area (Å²) >= 11 is 0. The summed E-state index contributed by atoms with van der Waals surface area (Å²) < 4.78 is 0. The molecule has 0 heterocycles. The zero-order valence-electron chi connectivity index (χ0n) is 13.8. The minimum atomic E-state index is 0.556. The van der Waals surface area contributed by atoms with Crippen molar-refractivity contribution in [1.82, 2.24) is 0 Å². The van der Waals surface area contributed by atoms with E-state index in [2.05, 4.69) is 61.2 Å². The maximum Gasteiger partial charge on any atom is 0.0370 e. The summed E-state index contributed by atoms with van der Waals surface area (Å²) in [7, 11) is 0. The van der Waals surface area contributed by atoms with Crippen molar-refractivity contribution in [2.45, 2.75) is 45.6 Å². The van der Waals surface area contributed by atoms with Gasteiger partial charge in [-0.15, -0.1) is 0 Å². The lowest BCUT2D eigenvalue weighted by molar-refractivity contribution is 0.587. The van der Waals surface area contributed by atoms with Crippen LogP contribution in [0.3, 0.4) is 0 Å². The second-order valence-electron chi connectivity index (χ2n) is 5.98. The van der Waals surface area contributed by atoms with E-state index in [1.807, 2.05) is 12.1 Å². The van der Waals surface area contributed by atoms with E-state index >= 15 is 0 Å². The minimum absolute atomic E-state index is 0.556. The summed E-state index contributed by atoms with van der Waals surface area (Å²) in [6.07, 6.45) is 4.76. The first-order valence-corrected chi connectivity index (χ1v) is 8.37. The van der Waals surface area contributed by atoms with Crippen molar-refractivity contribution in [3.8, 4) is 0 Å². The monoisotopic (exact) mass is 296 g/mol. The van der Waals surface area contributed by atoms with E-state index < -0.39 is 0 Å². The van der Waals surface area contributed by atoms with Crippen LogP contribution < -0.4 is 10.6 Å². The SMILES string of the molecule is CCC(C)N(CCCCc1ccccc1)c1ccc(N)cc1. The molecule has 0 fully saturated rings. The number of unbranched alkanes of at least 4 members (excludes halogenated alkanes) is 1. The Morgan fingerprint density at radius 3 is 2.27 bits per heavy atom. The van der Waals surface area contributed by atoms with Crippen molar-refractivity contribution >= 4 is 11.4 Å². The highest BCUT2D eigenvalue weighted by atomic mass is 15.2. The Hall–Kier alpha value is -1.96. The molecule has 1 atom stereocenters. The van der Waals surface area contributed by atoms with Crippen LogP contribution in [0.1, 0.15) is 38.7 Å². The third kappa shape index (κ3) is 4.80. The fraction of sp³-hybridized carbons (Fsp3) is 0.400. The maximum absolute atomic E-state index is 5.80. The van der Waals surface area contributed by atoms with E-state index in [-0.39, 0.29) is 0 Å². The molecule has 2 aromatic rings. The Morgan fingerprint density at radius 1 is 0.955 bits per heavy atom. The van der Waals surface area contributed by atoms with E-state index in [0.717, 1.165) is 25.1 Å². The molecule has 2 aromatic carbocycles. The molecular weight excluding hydrogens is 268 g/mol. The van der Waals surface area contributed by atoms with Gasteiger partial charge in [0, 0.05) is 24.0 Å². The molecule has 0 saturated heterocycles. The highest BCUT2D eigenvalue weighted by molar-refractivity contribution is 5.53. The molecule has 22 heavy (non-hydrogen) atoms. The van der Waals surface area contributed by atoms with Gasteiger partial charge in [-0.2, -0.15) is 0 Å². The van der Waals surface area contributed by atoms with Crippen LogP contribution in [-0.4, -0.2) is 12.6 Å². The molecule has 0 amide bonds. The summed E-state index contributed by atoms with van der Waals surface area (Å²) in [6, 6.07) is 19.6. The van der Waals surface area contributed by atoms with Crippen LogP contribution in [0.5, 0.6) is 0 Å². The highest BCUT2D eigenvalue weighted by Gasteiger charge is 2.12. The zero-order valence-corrected chi connectivity index (χ0v) is 13.8. The van der Waals surface area contributed by atoms with Gasteiger partial charge >= 0.3 is 0 Å². The molecule has 0 aliphatic heterocycles. The molecule has 0 bridgehead atoms. The molecule has 1 unspecified atom stereocenters. The number of nitrogens with two attached hydrogens (primary N) is 1. The molecule has 0 aliphatic carbocycles. The number of aryl methyl sites for hydroxylation is 1. The highest BCUT2D eigenvalue weighted by Crippen LogP contribution is 2.21. The van der Waals surface area contributed by atoms with E-state index in [0.29, 0.717) is 6.04 Å². The number of hydrogen-bond donors (Lipinski definition) is 1. The van der Waals surface area contributed by atoms with Crippen molar-refractivity contribution in [1.29, 1.82) is 0 Å². The van der Waals surface area contributed by atoms with E-state index in [9.17, 15) is 0 Å². The molecule has 2 nitrogen and oxygen atoms in total. The normalized spacial score (nSPS) is 12.1. The Morgan fingerprint density at radius 2 is 1.64 bits per heavy atom. The van der Waals surface area contributed by atoms with Gasteiger partial charge in [-0.1, -0.05) is 37.3 Å². The first-order chi connectivity index (χ1) is 10.7. The lowest BCUT2D eigenvalue weighted by Gasteiger charge is -2.31. The Balaban J connectivity index is 1.89. The molecule has 0 radical (unpaired) electrons. The zero-order chi connectivity index (χ0) is 15.8. The van der Waals surface area contributed by atoms with Gasteiger partial charge < -0.3 is 10.6 Å². The number of anilines is 2. The molecule has 0 saturated carbocycles. The van der Waals surface area contributed by atoms with Gasteiger partial charge in [0.15, 0.2) is 0 Å². The summed E-state index contributed by atoms with van der Waals surface area (Å²) in [6.45, 7) is 5.65. The van der Waals surface area contributed by atoms with Gasteiger partial charge in [0.1, 0.15) is 0 Å². The fourth-order valence-electron chi connectivity index (χ4n) is 2.75. The van der Waals surface area contributed by atoms with E-state index in [4.69, 9.17) is 5.73 Å². The number of rotatable bonds is 8. The van der Waals surface area contributed by atoms with E-state index in [1.54, 1.807) is 0 Å². The van der Waals surface area contributed by atoms with E-state index in [1.165, 1.54) is 24.1 Å². The molecule has 2 heteroatoms. The fourth-order valence-corrected chi connectivity index (χ4v) is 2.75. The average molecular weight is 296 g/mol. The summed E-state index contributed by atoms with van der Waals surface area (Å²) in [5, 5.41) is 0. The predicted octanol–water partition coefficient (Wildman–Crippen LogP) is 4.90. The third-order valence-electron chi connectivity index (χ3n) is 4.30. The smallest absolute Gasteiger partial charge is 0.0370 e. The van der Waals surface area contributed by atoms with Crippen LogP contribution in [0.2, 0.25) is 0 Å². The first-order valence-electron chi connectivity index (χ1n) is 8.37. The Bertz CT molecular complexity index is 533. The molecule has 0 aliphatic rings. The summed E-state index contributed by atoms with van der Waals surface area (Å²) in [5.41, 5.74) is 9.35. The van der Waals surface area contributed by atoms with Crippen LogP contribution in [0.15, 0.2) is 54.6 Å². The average Bonchev–Trinajstić information content (AvgIpc) is 2.56. The lowest BCUT2D eigenvalue weighted by Crippen LogP contribution is -2.33. The first kappa shape index (κ1) is 16.4. The third-order valence-corrected chi connectivity index (χ3v) is 4.30. The second-order valence-corrected chi connectivity index (χ2v) is 5.98. The predicted molar refractivity (Wildman–Crippen MR) is 97.3 cm³/mol. The van der Waals surface area contributed by atoms with Gasteiger partial charge in [0.25, 0.3) is 0 Å². The minimum Gasteiger partial charge on any atom is -0.399 e. The van der Waals surface area contributed by atoms with Crippen LogP contribution in [0, 0.1) is 0 Å². The van der Waals surface area contributed by atoms with Crippen LogP contribution in [0.4, 0.5) is 11.4 Å². The van der Waals surface area contributed by atoms with Gasteiger partial charge in [0.2, 0.25) is 0 Å². The largest absolute Gasteiger partial charge is 0.399 e. The van der Waals surface area contributed by atoms with Crippen molar-refractivity contribution in [3.63, 3.8) is 0 Å². The molecular formula is C20H28N2. The Labute approximate surface area is 135 Å².